The van der Waals surface area contributed by atoms with Crippen LogP contribution in [0, 0.1) is 0 Å². The Labute approximate surface area is 125 Å². The number of hydrogen-bond donors (Lipinski definition) is 2. The summed E-state index contributed by atoms with van der Waals surface area (Å²) in [4.78, 5) is 4.35. The number of halogens is 2. The Hall–Kier alpha value is -1.14. The van der Waals surface area contributed by atoms with Gasteiger partial charge in [0.05, 0.1) is 22.2 Å². The molecule has 0 aliphatic carbocycles. The highest BCUT2D eigenvalue weighted by Gasteiger charge is 2.28. The largest absolute Gasteiger partial charge is 0.392 e. The second-order valence-corrected chi connectivity index (χ2v) is 5.64. The third kappa shape index (κ3) is 2.96. The first kappa shape index (κ1) is 13.8. The molecule has 7 heteroatoms. The van der Waals surface area contributed by atoms with E-state index in [1.165, 1.54) is 0 Å². The van der Waals surface area contributed by atoms with Crippen molar-refractivity contribution in [3.05, 3.63) is 45.5 Å². The van der Waals surface area contributed by atoms with Crippen LogP contribution >= 0.6 is 23.2 Å². The molecule has 3 rings (SSSR count). The number of nitrogens with one attached hydrogen (secondary N) is 1. The Bertz CT molecular complexity index is 617. The van der Waals surface area contributed by atoms with Gasteiger partial charge >= 0.3 is 0 Å². The Morgan fingerprint density at radius 1 is 1.35 bits per heavy atom. The molecule has 0 saturated carbocycles. The van der Waals surface area contributed by atoms with Crippen LogP contribution < -0.4 is 5.32 Å². The molecule has 1 aliphatic heterocycles. The highest BCUT2D eigenvalue weighted by Crippen LogP contribution is 2.25. The molecular formula is C13H13Cl2N3O2. The van der Waals surface area contributed by atoms with Crippen molar-refractivity contribution in [2.75, 3.05) is 6.54 Å². The molecule has 1 aromatic carbocycles. The molecule has 106 valence electrons. The fraction of sp³-hybridized carbons (Fsp3) is 0.385. The van der Waals surface area contributed by atoms with Gasteiger partial charge in [0, 0.05) is 13.0 Å². The predicted molar refractivity (Wildman–Crippen MR) is 74.9 cm³/mol. The van der Waals surface area contributed by atoms with Crippen molar-refractivity contribution in [2.24, 2.45) is 0 Å². The lowest BCUT2D eigenvalue weighted by Crippen LogP contribution is -2.15. The van der Waals surface area contributed by atoms with E-state index in [9.17, 15) is 5.11 Å². The van der Waals surface area contributed by atoms with E-state index in [1.807, 2.05) is 6.07 Å². The SMILES string of the molecule is OC1CN[C@H](c2nc(Cc3ccc(Cl)c(Cl)c3)no2)C1. The third-order valence-corrected chi connectivity index (χ3v) is 3.97. The Morgan fingerprint density at radius 3 is 2.90 bits per heavy atom. The number of nitrogens with zero attached hydrogens (tertiary/aromatic N) is 2. The first-order valence-electron chi connectivity index (χ1n) is 6.29. The molecule has 0 amide bonds. The molecule has 2 aromatic rings. The molecule has 0 spiro atoms. The minimum Gasteiger partial charge on any atom is -0.392 e. The van der Waals surface area contributed by atoms with Crippen LogP contribution in [0.3, 0.4) is 0 Å². The average Bonchev–Trinajstić information content (AvgIpc) is 3.03. The zero-order valence-electron chi connectivity index (χ0n) is 10.5. The summed E-state index contributed by atoms with van der Waals surface area (Å²) in [7, 11) is 0. The Morgan fingerprint density at radius 2 is 2.20 bits per heavy atom. The number of β-amino-alcohol motifs (C(OH)–C–C–N with tert-alkyl or cyclic N) is 1. The van der Waals surface area contributed by atoms with E-state index >= 15 is 0 Å². The van der Waals surface area contributed by atoms with Gasteiger partial charge in [-0.1, -0.05) is 34.4 Å². The highest BCUT2D eigenvalue weighted by atomic mass is 35.5. The quantitative estimate of drug-likeness (QED) is 0.910. The summed E-state index contributed by atoms with van der Waals surface area (Å²) in [5.41, 5.74) is 0.964. The van der Waals surface area contributed by atoms with E-state index in [0.29, 0.717) is 41.1 Å². The van der Waals surface area contributed by atoms with Gasteiger partial charge in [-0.15, -0.1) is 0 Å². The van der Waals surface area contributed by atoms with Gasteiger partial charge in [0.15, 0.2) is 5.82 Å². The summed E-state index contributed by atoms with van der Waals surface area (Å²) in [5, 5.41) is 17.6. The van der Waals surface area contributed by atoms with Crippen LogP contribution in [0.4, 0.5) is 0 Å². The summed E-state index contributed by atoms with van der Waals surface area (Å²) < 4.78 is 5.23. The first-order valence-corrected chi connectivity index (χ1v) is 7.05. The van der Waals surface area contributed by atoms with Gasteiger partial charge in [-0.3, -0.25) is 0 Å². The number of benzene rings is 1. The molecule has 0 bridgehead atoms. The monoisotopic (exact) mass is 313 g/mol. The fourth-order valence-corrected chi connectivity index (χ4v) is 2.54. The van der Waals surface area contributed by atoms with E-state index in [2.05, 4.69) is 15.5 Å². The van der Waals surface area contributed by atoms with Gasteiger partial charge in [-0.05, 0) is 24.1 Å². The molecule has 20 heavy (non-hydrogen) atoms. The maximum atomic E-state index is 9.48. The van der Waals surface area contributed by atoms with Gasteiger partial charge in [0.1, 0.15) is 0 Å². The zero-order chi connectivity index (χ0) is 14.1. The molecule has 5 nitrogen and oxygen atoms in total. The van der Waals surface area contributed by atoms with Crippen LogP contribution in [0.5, 0.6) is 0 Å². The maximum Gasteiger partial charge on any atom is 0.243 e. The second kappa shape index (κ2) is 5.69. The van der Waals surface area contributed by atoms with Crippen molar-refractivity contribution in [3.63, 3.8) is 0 Å². The van der Waals surface area contributed by atoms with Crippen molar-refractivity contribution in [2.45, 2.75) is 25.0 Å². The molecule has 1 aromatic heterocycles. The molecule has 2 heterocycles. The highest BCUT2D eigenvalue weighted by molar-refractivity contribution is 6.42. The minimum atomic E-state index is -0.356. The second-order valence-electron chi connectivity index (χ2n) is 4.82. The number of rotatable bonds is 3. The lowest BCUT2D eigenvalue weighted by Gasteiger charge is -2.02. The zero-order valence-corrected chi connectivity index (χ0v) is 12.0. The maximum absolute atomic E-state index is 9.48. The number of aromatic nitrogens is 2. The number of aliphatic hydroxyl groups excluding tert-OH is 1. The van der Waals surface area contributed by atoms with Crippen LogP contribution in [0.2, 0.25) is 10.0 Å². The van der Waals surface area contributed by atoms with Crippen LogP contribution in [0.15, 0.2) is 22.7 Å². The molecule has 1 saturated heterocycles. The van der Waals surface area contributed by atoms with E-state index in [1.54, 1.807) is 12.1 Å². The summed E-state index contributed by atoms with van der Waals surface area (Å²) in [5.74, 6) is 1.10. The molecule has 2 N–H and O–H groups in total. The van der Waals surface area contributed by atoms with Crippen molar-refractivity contribution in [1.29, 1.82) is 0 Å². The number of aliphatic hydroxyl groups is 1. The normalized spacial score (nSPS) is 22.4. The van der Waals surface area contributed by atoms with Crippen LogP contribution in [0.25, 0.3) is 0 Å². The Balaban J connectivity index is 1.72. The van der Waals surface area contributed by atoms with Crippen LogP contribution in [0.1, 0.15) is 29.7 Å². The van der Waals surface area contributed by atoms with Gasteiger partial charge in [-0.25, -0.2) is 0 Å². The molecule has 1 aliphatic rings. The van der Waals surface area contributed by atoms with Crippen molar-refractivity contribution in [3.8, 4) is 0 Å². The van der Waals surface area contributed by atoms with Crippen LogP contribution in [-0.4, -0.2) is 27.9 Å². The standard InChI is InChI=1S/C13H13Cl2N3O2/c14-9-2-1-7(3-10(9)15)4-12-17-13(20-18-12)11-5-8(19)6-16-11/h1-3,8,11,16,19H,4-6H2/t8?,11-/m0/s1. The predicted octanol–water partition coefficient (Wildman–Crippen LogP) is 2.36. The smallest absolute Gasteiger partial charge is 0.243 e. The van der Waals surface area contributed by atoms with Crippen LogP contribution in [-0.2, 0) is 6.42 Å². The molecule has 0 radical (unpaired) electrons. The summed E-state index contributed by atoms with van der Waals surface area (Å²) >= 11 is 11.8. The molecule has 1 unspecified atom stereocenters. The lowest BCUT2D eigenvalue weighted by molar-refractivity contribution is 0.191. The van der Waals surface area contributed by atoms with Crippen molar-refractivity contribution >= 4 is 23.2 Å². The van der Waals surface area contributed by atoms with Gasteiger partial charge in [0.2, 0.25) is 5.89 Å². The lowest BCUT2D eigenvalue weighted by atomic mass is 10.1. The van der Waals surface area contributed by atoms with Gasteiger partial charge < -0.3 is 14.9 Å². The first-order chi connectivity index (χ1) is 9.61. The minimum absolute atomic E-state index is 0.0694. The van der Waals surface area contributed by atoms with Crippen molar-refractivity contribution < 1.29 is 9.63 Å². The fourth-order valence-electron chi connectivity index (χ4n) is 2.22. The summed E-state index contributed by atoms with van der Waals surface area (Å²) in [6.45, 7) is 0.551. The van der Waals surface area contributed by atoms with E-state index in [4.69, 9.17) is 27.7 Å². The molecule has 1 fully saturated rings. The van der Waals surface area contributed by atoms with Gasteiger partial charge in [0.25, 0.3) is 0 Å². The topological polar surface area (TPSA) is 71.2 Å². The summed E-state index contributed by atoms with van der Waals surface area (Å²) in [6.07, 6.45) is 0.759. The van der Waals surface area contributed by atoms with E-state index < -0.39 is 0 Å². The van der Waals surface area contributed by atoms with Gasteiger partial charge in [-0.2, -0.15) is 4.98 Å². The Kier molecular flexibility index (Phi) is 3.94. The van der Waals surface area contributed by atoms with Crippen molar-refractivity contribution in [1.82, 2.24) is 15.5 Å². The molecule has 2 atom stereocenters. The van der Waals surface area contributed by atoms with E-state index in [0.717, 1.165) is 5.56 Å². The van der Waals surface area contributed by atoms with E-state index in [-0.39, 0.29) is 12.1 Å². The average molecular weight is 314 g/mol. The number of hydrogen-bond acceptors (Lipinski definition) is 5. The summed E-state index contributed by atoms with van der Waals surface area (Å²) in [6, 6.07) is 5.34. The third-order valence-electron chi connectivity index (χ3n) is 3.24. The molecular weight excluding hydrogens is 301 g/mol.